The van der Waals surface area contributed by atoms with Gasteiger partial charge in [-0.3, -0.25) is 9.78 Å². The monoisotopic (exact) mass is 399 g/mol. The number of amides is 3. The number of rotatable bonds is 5. The first kappa shape index (κ1) is 20.7. The average Bonchev–Trinajstić information content (AvgIpc) is 2.68. The fourth-order valence-electron chi connectivity index (χ4n) is 3.79. The number of nitrogens with zero attached hydrogens (tertiary/aromatic N) is 2. The molecule has 1 aromatic heterocycles. The van der Waals surface area contributed by atoms with Gasteiger partial charge in [-0.25, -0.2) is 9.18 Å². The normalized spacial score (nSPS) is 15.4. The highest BCUT2D eigenvalue weighted by atomic mass is 19.1. The standard InChI is InChI=1S/C21H26FN5O2/c1-15(28)27(2)21(5-8-23-9-6-21)13-16-10-17(22)12-19(11-16)26-20(29)25-18-4-3-7-24-14-18/h3-4,7,10-12,14,23H,5-6,8-9,13H2,1-2H3,(H2,25,26,29). The Balaban J connectivity index is 1.77. The molecule has 3 amide bonds. The van der Waals surface area contributed by atoms with Crippen molar-refractivity contribution in [1.82, 2.24) is 15.2 Å². The molecule has 1 aliphatic heterocycles. The topological polar surface area (TPSA) is 86.4 Å². The van der Waals surface area contributed by atoms with E-state index < -0.39 is 11.8 Å². The fourth-order valence-corrected chi connectivity index (χ4v) is 3.79. The fraction of sp³-hybridized carbons (Fsp3) is 0.381. The summed E-state index contributed by atoms with van der Waals surface area (Å²) >= 11 is 0. The van der Waals surface area contributed by atoms with Crippen LogP contribution >= 0.6 is 0 Å². The van der Waals surface area contributed by atoms with E-state index in [0.29, 0.717) is 17.8 Å². The van der Waals surface area contributed by atoms with Crippen LogP contribution in [-0.4, -0.2) is 47.5 Å². The quantitative estimate of drug-likeness (QED) is 0.721. The summed E-state index contributed by atoms with van der Waals surface area (Å²) in [5, 5.41) is 8.63. The molecule has 2 aromatic rings. The van der Waals surface area contributed by atoms with Crippen molar-refractivity contribution in [3.63, 3.8) is 0 Å². The minimum absolute atomic E-state index is 0.0162. The Bertz CT molecular complexity index is 869. The van der Waals surface area contributed by atoms with Crippen LogP contribution in [-0.2, 0) is 11.2 Å². The Morgan fingerprint density at radius 1 is 1.21 bits per heavy atom. The predicted molar refractivity (Wildman–Crippen MR) is 110 cm³/mol. The summed E-state index contributed by atoms with van der Waals surface area (Å²) in [4.78, 5) is 30.0. The van der Waals surface area contributed by atoms with Crippen molar-refractivity contribution >= 4 is 23.3 Å². The van der Waals surface area contributed by atoms with Crippen molar-refractivity contribution in [2.45, 2.75) is 31.7 Å². The van der Waals surface area contributed by atoms with Crippen LogP contribution in [0.25, 0.3) is 0 Å². The molecule has 1 aromatic carbocycles. The number of halogens is 1. The highest BCUT2D eigenvalue weighted by Gasteiger charge is 2.37. The van der Waals surface area contributed by atoms with Crippen LogP contribution in [0.2, 0.25) is 0 Å². The third kappa shape index (κ3) is 5.29. The smallest absolute Gasteiger partial charge is 0.323 e. The van der Waals surface area contributed by atoms with E-state index in [4.69, 9.17) is 0 Å². The molecule has 7 nitrogen and oxygen atoms in total. The number of aromatic nitrogens is 1. The van der Waals surface area contributed by atoms with Crippen LogP contribution in [0.3, 0.4) is 0 Å². The third-order valence-corrected chi connectivity index (χ3v) is 5.39. The van der Waals surface area contributed by atoms with Crippen molar-refractivity contribution in [3.8, 4) is 0 Å². The molecule has 29 heavy (non-hydrogen) atoms. The number of pyridine rings is 1. The van der Waals surface area contributed by atoms with Crippen molar-refractivity contribution in [2.24, 2.45) is 0 Å². The van der Waals surface area contributed by atoms with Gasteiger partial charge in [0.15, 0.2) is 0 Å². The molecule has 0 aliphatic carbocycles. The van der Waals surface area contributed by atoms with Crippen molar-refractivity contribution in [3.05, 3.63) is 54.1 Å². The van der Waals surface area contributed by atoms with Crippen molar-refractivity contribution in [2.75, 3.05) is 30.8 Å². The molecule has 0 unspecified atom stereocenters. The van der Waals surface area contributed by atoms with Crippen molar-refractivity contribution < 1.29 is 14.0 Å². The summed E-state index contributed by atoms with van der Waals surface area (Å²) in [6.07, 6.45) is 5.21. The minimum atomic E-state index is -0.480. The van der Waals surface area contributed by atoms with Gasteiger partial charge in [0, 0.05) is 31.4 Å². The molecule has 0 atom stereocenters. The number of benzene rings is 1. The molecule has 3 N–H and O–H groups in total. The maximum atomic E-state index is 14.3. The Morgan fingerprint density at radius 3 is 2.59 bits per heavy atom. The number of hydrogen-bond donors (Lipinski definition) is 3. The molecule has 0 radical (unpaired) electrons. The first-order valence-electron chi connectivity index (χ1n) is 9.61. The SMILES string of the molecule is CC(=O)N(C)C1(Cc2cc(F)cc(NC(=O)Nc3cccnc3)c2)CCNCC1. The Hall–Kier alpha value is -3.00. The number of nitrogens with one attached hydrogen (secondary N) is 3. The van der Waals surface area contributed by atoms with Gasteiger partial charge in [-0.05, 0) is 68.2 Å². The maximum absolute atomic E-state index is 14.3. The summed E-state index contributed by atoms with van der Waals surface area (Å²) in [5.41, 5.74) is 1.26. The molecule has 0 spiro atoms. The van der Waals surface area contributed by atoms with E-state index in [0.717, 1.165) is 31.5 Å². The minimum Gasteiger partial charge on any atom is -0.340 e. The molecular weight excluding hydrogens is 373 g/mol. The molecule has 1 aliphatic rings. The lowest BCUT2D eigenvalue weighted by Gasteiger charge is -2.45. The number of piperidine rings is 1. The number of hydrogen-bond acceptors (Lipinski definition) is 4. The first-order chi connectivity index (χ1) is 13.9. The summed E-state index contributed by atoms with van der Waals surface area (Å²) < 4.78 is 14.3. The van der Waals surface area contributed by atoms with Crippen LogP contribution in [0.1, 0.15) is 25.3 Å². The summed E-state index contributed by atoms with van der Waals surface area (Å²) in [7, 11) is 1.80. The van der Waals surface area contributed by atoms with Gasteiger partial charge in [-0.15, -0.1) is 0 Å². The van der Waals surface area contributed by atoms with Gasteiger partial charge < -0.3 is 20.9 Å². The molecular formula is C21H26FN5O2. The molecule has 154 valence electrons. The molecule has 0 bridgehead atoms. The lowest BCUT2D eigenvalue weighted by atomic mass is 9.81. The Labute approximate surface area is 169 Å². The van der Waals surface area contributed by atoms with E-state index in [-0.39, 0.29) is 11.4 Å². The van der Waals surface area contributed by atoms with Gasteiger partial charge in [-0.2, -0.15) is 0 Å². The van der Waals surface area contributed by atoms with Gasteiger partial charge >= 0.3 is 6.03 Å². The predicted octanol–water partition coefficient (Wildman–Crippen LogP) is 3.01. The highest BCUT2D eigenvalue weighted by Crippen LogP contribution is 2.31. The van der Waals surface area contributed by atoms with Gasteiger partial charge in [0.2, 0.25) is 5.91 Å². The third-order valence-electron chi connectivity index (χ3n) is 5.39. The molecule has 0 saturated carbocycles. The van der Waals surface area contributed by atoms with Crippen molar-refractivity contribution in [1.29, 1.82) is 0 Å². The van der Waals surface area contributed by atoms with E-state index in [2.05, 4.69) is 20.9 Å². The van der Waals surface area contributed by atoms with Crippen LogP contribution in [0, 0.1) is 5.82 Å². The average molecular weight is 399 g/mol. The number of anilines is 2. The number of urea groups is 1. The molecule has 2 heterocycles. The van der Waals surface area contributed by atoms with Gasteiger partial charge in [-0.1, -0.05) is 0 Å². The Kier molecular flexibility index (Phi) is 6.43. The Morgan fingerprint density at radius 2 is 1.93 bits per heavy atom. The zero-order valence-electron chi connectivity index (χ0n) is 16.7. The highest BCUT2D eigenvalue weighted by molar-refractivity contribution is 5.99. The van der Waals surface area contributed by atoms with E-state index in [1.807, 2.05) is 0 Å². The second kappa shape index (κ2) is 9.00. The van der Waals surface area contributed by atoms with Gasteiger partial charge in [0.05, 0.1) is 11.9 Å². The molecule has 3 rings (SSSR count). The van der Waals surface area contributed by atoms with E-state index >= 15 is 0 Å². The lowest BCUT2D eigenvalue weighted by molar-refractivity contribution is -0.134. The van der Waals surface area contributed by atoms with E-state index in [1.54, 1.807) is 43.3 Å². The summed E-state index contributed by atoms with van der Waals surface area (Å²) in [6.45, 7) is 3.14. The summed E-state index contributed by atoms with van der Waals surface area (Å²) in [6, 6.07) is 7.43. The van der Waals surface area contributed by atoms with Gasteiger partial charge in [0.1, 0.15) is 5.82 Å². The number of carbonyl (C=O) groups excluding carboxylic acids is 2. The molecule has 1 fully saturated rings. The van der Waals surface area contributed by atoms with E-state index in [9.17, 15) is 14.0 Å². The van der Waals surface area contributed by atoms with Crippen LogP contribution < -0.4 is 16.0 Å². The van der Waals surface area contributed by atoms with Crippen LogP contribution in [0.4, 0.5) is 20.6 Å². The van der Waals surface area contributed by atoms with Crippen LogP contribution in [0.5, 0.6) is 0 Å². The molecule has 1 saturated heterocycles. The second-order valence-corrected chi connectivity index (χ2v) is 7.40. The largest absolute Gasteiger partial charge is 0.340 e. The van der Waals surface area contributed by atoms with Crippen LogP contribution in [0.15, 0.2) is 42.7 Å². The maximum Gasteiger partial charge on any atom is 0.323 e. The summed E-state index contributed by atoms with van der Waals surface area (Å²) in [5.74, 6) is -0.453. The van der Waals surface area contributed by atoms with E-state index in [1.165, 1.54) is 18.3 Å². The number of carbonyl (C=O) groups is 2. The molecule has 8 heteroatoms. The number of likely N-dealkylation sites (N-methyl/N-ethyl adjacent to an activating group) is 1. The lowest BCUT2D eigenvalue weighted by Crippen LogP contribution is -2.56. The zero-order chi connectivity index (χ0) is 20.9. The van der Waals surface area contributed by atoms with Gasteiger partial charge in [0.25, 0.3) is 0 Å². The first-order valence-corrected chi connectivity index (χ1v) is 9.61. The zero-order valence-corrected chi connectivity index (χ0v) is 16.7. The second-order valence-electron chi connectivity index (χ2n) is 7.40.